The largest absolute Gasteiger partial charge is 0.491 e. The van der Waals surface area contributed by atoms with Crippen LogP contribution in [0.15, 0.2) is 24.3 Å². The first-order valence-electron chi connectivity index (χ1n) is 6.89. The van der Waals surface area contributed by atoms with Gasteiger partial charge in [0.15, 0.2) is 0 Å². The molecule has 0 fully saturated rings. The van der Waals surface area contributed by atoms with Gasteiger partial charge in [0.05, 0.1) is 22.8 Å². The fraction of sp³-hybridized carbons (Fsp3) is 0.438. The minimum atomic E-state index is 0.121. The van der Waals surface area contributed by atoms with E-state index in [1.165, 1.54) is 4.88 Å². The van der Waals surface area contributed by atoms with Crippen LogP contribution in [0.1, 0.15) is 41.0 Å². The van der Waals surface area contributed by atoms with Crippen molar-refractivity contribution >= 4 is 11.3 Å². The van der Waals surface area contributed by atoms with E-state index in [2.05, 4.69) is 29.4 Å². The smallest absolute Gasteiger partial charge is 0.124 e. The third kappa shape index (κ3) is 3.19. The summed E-state index contributed by atoms with van der Waals surface area (Å²) in [5.74, 6) is 0.937. The summed E-state index contributed by atoms with van der Waals surface area (Å²) in [6.07, 6.45) is 0.165. The summed E-state index contributed by atoms with van der Waals surface area (Å²) in [7, 11) is 1.98. The molecule has 2 aromatic rings. The van der Waals surface area contributed by atoms with E-state index in [0.717, 1.165) is 22.0 Å². The van der Waals surface area contributed by atoms with E-state index in [1.54, 1.807) is 11.3 Å². The molecule has 2 rings (SSSR count). The lowest BCUT2D eigenvalue weighted by atomic mass is 10.0. The fourth-order valence-electron chi connectivity index (χ4n) is 2.32. The summed E-state index contributed by atoms with van der Waals surface area (Å²) in [6.45, 7) is 8.21. The molecule has 1 aromatic carbocycles. The lowest BCUT2D eigenvalue weighted by Crippen LogP contribution is -2.19. The molecular formula is C16H22N2OS. The van der Waals surface area contributed by atoms with Crippen molar-refractivity contribution < 1.29 is 4.74 Å². The predicted molar refractivity (Wildman–Crippen MR) is 84.7 cm³/mol. The molecule has 20 heavy (non-hydrogen) atoms. The Kier molecular flexibility index (Phi) is 4.78. The molecule has 0 radical (unpaired) electrons. The minimum Gasteiger partial charge on any atom is -0.491 e. The van der Waals surface area contributed by atoms with Gasteiger partial charge >= 0.3 is 0 Å². The standard InChI is InChI=1S/C16H22N2OS/c1-10(2)19-14-9-7-6-8-13(14)15(17-5)16-11(3)18-12(4)20-16/h6-10,15,17H,1-5H3. The Hall–Kier alpha value is -1.39. The number of ether oxygens (including phenoxy) is 1. The Morgan fingerprint density at radius 1 is 1.20 bits per heavy atom. The van der Waals surface area contributed by atoms with E-state index in [1.807, 2.05) is 40.0 Å². The summed E-state index contributed by atoms with van der Waals surface area (Å²) in [6, 6.07) is 8.33. The van der Waals surface area contributed by atoms with Crippen LogP contribution in [0.2, 0.25) is 0 Å². The van der Waals surface area contributed by atoms with Crippen LogP contribution < -0.4 is 10.1 Å². The molecular weight excluding hydrogens is 268 g/mol. The van der Waals surface area contributed by atoms with Gasteiger partial charge in [0, 0.05) is 10.4 Å². The first-order valence-corrected chi connectivity index (χ1v) is 7.71. The maximum Gasteiger partial charge on any atom is 0.124 e. The van der Waals surface area contributed by atoms with E-state index in [0.29, 0.717) is 0 Å². The van der Waals surface area contributed by atoms with Crippen molar-refractivity contribution in [2.24, 2.45) is 0 Å². The third-order valence-corrected chi connectivity index (χ3v) is 4.22. The van der Waals surface area contributed by atoms with Crippen LogP contribution in [0.3, 0.4) is 0 Å². The van der Waals surface area contributed by atoms with E-state index in [-0.39, 0.29) is 12.1 Å². The van der Waals surface area contributed by atoms with Gasteiger partial charge < -0.3 is 10.1 Å². The zero-order valence-corrected chi connectivity index (χ0v) is 13.5. The molecule has 0 saturated heterocycles. The van der Waals surface area contributed by atoms with Crippen LogP contribution in [-0.4, -0.2) is 18.1 Å². The number of hydrogen-bond donors (Lipinski definition) is 1. The molecule has 0 bridgehead atoms. The maximum absolute atomic E-state index is 5.94. The third-order valence-electron chi connectivity index (χ3n) is 3.08. The molecule has 4 heteroatoms. The molecule has 1 heterocycles. The van der Waals surface area contributed by atoms with Crippen molar-refractivity contribution in [1.82, 2.24) is 10.3 Å². The number of benzene rings is 1. The van der Waals surface area contributed by atoms with Gasteiger partial charge in [-0.2, -0.15) is 0 Å². The highest BCUT2D eigenvalue weighted by molar-refractivity contribution is 7.11. The molecule has 1 N–H and O–H groups in total. The summed E-state index contributed by atoms with van der Waals surface area (Å²) in [5, 5.41) is 4.49. The molecule has 0 aliphatic heterocycles. The van der Waals surface area contributed by atoms with Crippen molar-refractivity contribution in [3.63, 3.8) is 0 Å². The van der Waals surface area contributed by atoms with Crippen LogP contribution in [-0.2, 0) is 0 Å². The second kappa shape index (κ2) is 6.37. The molecule has 0 saturated carbocycles. The average molecular weight is 290 g/mol. The first kappa shape index (κ1) is 15.0. The van der Waals surface area contributed by atoms with Crippen molar-refractivity contribution in [2.75, 3.05) is 7.05 Å². The Morgan fingerprint density at radius 3 is 2.45 bits per heavy atom. The summed E-state index contributed by atoms with van der Waals surface area (Å²) >= 11 is 1.74. The summed E-state index contributed by atoms with van der Waals surface area (Å²) < 4.78 is 5.94. The zero-order chi connectivity index (χ0) is 14.7. The lowest BCUT2D eigenvalue weighted by Gasteiger charge is -2.21. The lowest BCUT2D eigenvalue weighted by molar-refractivity contribution is 0.239. The van der Waals surface area contributed by atoms with Crippen molar-refractivity contribution in [3.05, 3.63) is 45.4 Å². The van der Waals surface area contributed by atoms with Crippen LogP contribution in [0.4, 0.5) is 0 Å². The number of para-hydroxylation sites is 1. The van der Waals surface area contributed by atoms with Crippen LogP contribution in [0.25, 0.3) is 0 Å². The van der Waals surface area contributed by atoms with Crippen molar-refractivity contribution in [2.45, 2.75) is 39.8 Å². The Balaban J connectivity index is 2.44. The number of nitrogens with zero attached hydrogens (tertiary/aromatic N) is 1. The number of thiazole rings is 1. The number of nitrogens with one attached hydrogen (secondary N) is 1. The molecule has 108 valence electrons. The normalized spacial score (nSPS) is 12.7. The van der Waals surface area contributed by atoms with E-state index in [4.69, 9.17) is 4.74 Å². The van der Waals surface area contributed by atoms with Crippen LogP contribution in [0.5, 0.6) is 5.75 Å². The Morgan fingerprint density at radius 2 is 1.90 bits per heavy atom. The number of aromatic nitrogens is 1. The Bertz CT molecular complexity index is 578. The van der Waals surface area contributed by atoms with Gasteiger partial charge in [0.25, 0.3) is 0 Å². The fourth-order valence-corrected chi connectivity index (χ4v) is 3.38. The monoisotopic (exact) mass is 290 g/mol. The van der Waals surface area contributed by atoms with Gasteiger partial charge in [-0.25, -0.2) is 4.98 Å². The van der Waals surface area contributed by atoms with E-state index >= 15 is 0 Å². The molecule has 1 atom stereocenters. The number of rotatable bonds is 5. The van der Waals surface area contributed by atoms with Crippen LogP contribution >= 0.6 is 11.3 Å². The number of aryl methyl sites for hydroxylation is 2. The van der Waals surface area contributed by atoms with Gasteiger partial charge in [-0.1, -0.05) is 18.2 Å². The predicted octanol–water partition coefficient (Wildman–Crippen LogP) is 3.86. The first-order chi connectivity index (χ1) is 9.52. The average Bonchev–Trinajstić information content (AvgIpc) is 2.71. The maximum atomic E-state index is 5.94. The molecule has 1 unspecified atom stereocenters. The molecule has 1 aromatic heterocycles. The minimum absolute atomic E-state index is 0.121. The van der Waals surface area contributed by atoms with Crippen molar-refractivity contribution in [1.29, 1.82) is 0 Å². The Labute approximate surface area is 125 Å². The van der Waals surface area contributed by atoms with E-state index < -0.39 is 0 Å². The molecule has 0 spiro atoms. The highest BCUT2D eigenvalue weighted by Crippen LogP contribution is 2.34. The van der Waals surface area contributed by atoms with Gasteiger partial charge in [-0.05, 0) is 40.8 Å². The number of hydrogen-bond acceptors (Lipinski definition) is 4. The highest BCUT2D eigenvalue weighted by Gasteiger charge is 2.21. The topological polar surface area (TPSA) is 34.1 Å². The van der Waals surface area contributed by atoms with E-state index in [9.17, 15) is 0 Å². The van der Waals surface area contributed by atoms with Gasteiger partial charge in [0.1, 0.15) is 5.75 Å². The SMILES string of the molecule is CNC(c1ccccc1OC(C)C)c1sc(C)nc1C. The quantitative estimate of drug-likeness (QED) is 0.908. The van der Waals surface area contributed by atoms with Crippen LogP contribution in [0, 0.1) is 13.8 Å². The second-order valence-electron chi connectivity index (χ2n) is 5.11. The zero-order valence-electron chi connectivity index (χ0n) is 12.7. The second-order valence-corrected chi connectivity index (χ2v) is 6.34. The van der Waals surface area contributed by atoms with Gasteiger partial charge in [0.2, 0.25) is 0 Å². The molecule has 0 aliphatic rings. The molecule has 3 nitrogen and oxygen atoms in total. The molecule has 0 aliphatic carbocycles. The van der Waals surface area contributed by atoms with Crippen molar-refractivity contribution in [3.8, 4) is 5.75 Å². The summed E-state index contributed by atoms with van der Waals surface area (Å²) in [4.78, 5) is 5.79. The summed E-state index contributed by atoms with van der Waals surface area (Å²) in [5.41, 5.74) is 2.25. The van der Waals surface area contributed by atoms with Gasteiger partial charge in [-0.3, -0.25) is 0 Å². The molecule has 0 amide bonds. The highest BCUT2D eigenvalue weighted by atomic mass is 32.1. The van der Waals surface area contributed by atoms with Gasteiger partial charge in [-0.15, -0.1) is 11.3 Å².